The molecule has 8 nitrogen and oxygen atoms in total. The topological polar surface area (TPSA) is 97.4 Å². The highest BCUT2D eigenvalue weighted by molar-refractivity contribution is 5.78. The first-order valence-electron chi connectivity index (χ1n) is 16.1. The third-order valence-electron chi connectivity index (χ3n) is 11.0. The minimum atomic E-state index is -1.14. The Labute approximate surface area is 246 Å². The van der Waals surface area contributed by atoms with Crippen LogP contribution >= 0.6 is 0 Å². The summed E-state index contributed by atoms with van der Waals surface area (Å²) >= 11 is 0. The number of hydrogen-bond acceptors (Lipinski definition) is 5. The van der Waals surface area contributed by atoms with Crippen molar-refractivity contribution in [3.8, 4) is 11.4 Å². The fourth-order valence-corrected chi connectivity index (χ4v) is 9.24. The van der Waals surface area contributed by atoms with Crippen LogP contribution in [-0.4, -0.2) is 48.2 Å². The maximum atomic E-state index is 14.4. The van der Waals surface area contributed by atoms with Gasteiger partial charge in [0.05, 0.1) is 16.7 Å². The van der Waals surface area contributed by atoms with Crippen LogP contribution in [0.1, 0.15) is 83.6 Å². The molecule has 4 heterocycles. The van der Waals surface area contributed by atoms with Crippen molar-refractivity contribution in [2.75, 3.05) is 0 Å². The number of hydrogen-bond donors (Lipinski definition) is 1. The van der Waals surface area contributed by atoms with Crippen molar-refractivity contribution in [3.05, 3.63) is 63.2 Å². The Kier molecular flexibility index (Phi) is 7.29. The number of aliphatic carboxylic acids is 1. The van der Waals surface area contributed by atoms with E-state index in [1.165, 1.54) is 63.9 Å². The summed E-state index contributed by atoms with van der Waals surface area (Å²) in [7, 11) is 0. The molecule has 4 bridgehead atoms. The Balaban J connectivity index is 1.29. The van der Waals surface area contributed by atoms with E-state index in [9.17, 15) is 19.5 Å². The summed E-state index contributed by atoms with van der Waals surface area (Å²) in [5.41, 5.74) is 1.19. The lowest BCUT2D eigenvalue weighted by Gasteiger charge is -2.56. The quantitative estimate of drug-likeness (QED) is 0.437. The van der Waals surface area contributed by atoms with Crippen LogP contribution in [0.3, 0.4) is 0 Å². The van der Waals surface area contributed by atoms with Gasteiger partial charge in [-0.05, 0) is 80.9 Å². The first-order chi connectivity index (χ1) is 20.4. The van der Waals surface area contributed by atoms with Crippen LogP contribution in [0.15, 0.2) is 52.1 Å². The van der Waals surface area contributed by atoms with Gasteiger partial charge < -0.3 is 9.67 Å². The van der Waals surface area contributed by atoms with Gasteiger partial charge in [-0.2, -0.15) is 0 Å². The molecule has 2 aliphatic heterocycles. The second kappa shape index (κ2) is 11.1. The minimum absolute atomic E-state index is 0.0207. The van der Waals surface area contributed by atoms with Gasteiger partial charge in [0.25, 0.3) is 11.1 Å². The highest BCUT2D eigenvalue weighted by Crippen LogP contribution is 2.48. The van der Waals surface area contributed by atoms with Crippen molar-refractivity contribution in [2.24, 2.45) is 17.8 Å². The number of aromatic nitrogens is 3. The van der Waals surface area contributed by atoms with E-state index in [0.29, 0.717) is 29.6 Å². The number of carboxylic acid groups (broad SMARTS) is 1. The van der Waals surface area contributed by atoms with Gasteiger partial charge in [0.15, 0.2) is 5.69 Å². The van der Waals surface area contributed by atoms with Gasteiger partial charge >= 0.3 is 5.97 Å². The van der Waals surface area contributed by atoms with Gasteiger partial charge in [0, 0.05) is 30.2 Å². The van der Waals surface area contributed by atoms with E-state index in [0.717, 1.165) is 34.8 Å². The maximum absolute atomic E-state index is 14.4. The van der Waals surface area contributed by atoms with Gasteiger partial charge in [-0.1, -0.05) is 50.8 Å². The Morgan fingerprint density at radius 3 is 2.38 bits per heavy atom. The number of para-hydroxylation sites is 2. The number of carboxylic acids is 1. The molecule has 1 N–H and O–H groups in total. The van der Waals surface area contributed by atoms with Crippen molar-refractivity contribution in [3.63, 3.8) is 0 Å². The average Bonchev–Trinajstić information content (AvgIpc) is 3.14. The minimum Gasteiger partial charge on any atom is -0.480 e. The van der Waals surface area contributed by atoms with E-state index in [2.05, 4.69) is 11.8 Å². The van der Waals surface area contributed by atoms with Crippen LogP contribution in [0.2, 0.25) is 0 Å². The number of fused-ring (bicyclic) bond motifs is 5. The van der Waals surface area contributed by atoms with Crippen LogP contribution in [0.25, 0.3) is 22.4 Å². The molecule has 3 aromatic rings. The summed E-state index contributed by atoms with van der Waals surface area (Å²) in [6.07, 6.45) is 13.9. The largest absolute Gasteiger partial charge is 0.480 e. The van der Waals surface area contributed by atoms with E-state index in [-0.39, 0.29) is 23.0 Å². The second-order valence-electron chi connectivity index (χ2n) is 13.6. The predicted octanol–water partition coefficient (Wildman–Crippen LogP) is 5.47. The smallest absolute Gasteiger partial charge is 0.323 e. The Bertz CT molecular complexity index is 1600. The van der Waals surface area contributed by atoms with E-state index >= 15 is 0 Å². The summed E-state index contributed by atoms with van der Waals surface area (Å²) in [6, 6.07) is 13.8. The standard InChI is InChI=1S/C34H42N4O4/c1-21-13-14-24-18-26(19-30(21)37(24)25-16-22-7-2-3-8-23(15-22)17-25)38-28-10-5-4-9-27(28)35-33(34(38)42)29-11-6-12-31(39)36(29)20-32(40)41/h4-6,9-12,21-26,30H,2-3,7-8,13-20H2,1H3,(H,40,41)/t21-,22-,23+,24+,25?,26-,30+/m0/s1. The highest BCUT2D eigenvalue weighted by atomic mass is 16.4. The molecule has 8 heteroatoms. The number of piperidine rings is 2. The summed E-state index contributed by atoms with van der Waals surface area (Å²) in [5, 5.41) is 9.51. The molecule has 2 saturated heterocycles. The normalized spacial score (nSPS) is 31.5. The summed E-state index contributed by atoms with van der Waals surface area (Å²) in [6.45, 7) is 1.88. The summed E-state index contributed by atoms with van der Waals surface area (Å²) in [4.78, 5) is 46.4. The molecule has 2 saturated carbocycles. The molecule has 0 amide bonds. The van der Waals surface area contributed by atoms with Crippen molar-refractivity contribution >= 4 is 17.0 Å². The number of pyridine rings is 1. The zero-order valence-electron chi connectivity index (χ0n) is 24.5. The second-order valence-corrected chi connectivity index (χ2v) is 13.6. The highest BCUT2D eigenvalue weighted by Gasteiger charge is 2.47. The van der Waals surface area contributed by atoms with Crippen LogP contribution in [0.4, 0.5) is 0 Å². The molecule has 42 heavy (non-hydrogen) atoms. The molecule has 222 valence electrons. The fourth-order valence-electron chi connectivity index (χ4n) is 9.24. The zero-order chi connectivity index (χ0) is 29.0. The first kappa shape index (κ1) is 27.6. The van der Waals surface area contributed by atoms with E-state index in [1.54, 1.807) is 12.1 Å². The molecule has 2 aromatic heterocycles. The zero-order valence-corrected chi connectivity index (χ0v) is 24.5. The molecule has 2 aliphatic carbocycles. The SMILES string of the molecule is C[C@H]1CC[C@@H]2C[C@H](n3c(=O)c(-c4cccc(=O)n4CC(=O)O)nc4ccccc43)C[C@H]1N2C1C[C@H]2CCCC[C@@H](C1)C2. The van der Waals surface area contributed by atoms with E-state index in [4.69, 9.17) is 4.98 Å². The van der Waals surface area contributed by atoms with E-state index < -0.39 is 18.1 Å². The number of rotatable bonds is 5. The van der Waals surface area contributed by atoms with Crippen LogP contribution in [0, 0.1) is 17.8 Å². The molecular weight excluding hydrogens is 528 g/mol. The van der Waals surface area contributed by atoms with Crippen molar-refractivity contribution in [2.45, 2.75) is 108 Å². The lowest BCUT2D eigenvalue weighted by Crippen LogP contribution is -2.60. The van der Waals surface area contributed by atoms with E-state index in [1.807, 2.05) is 28.8 Å². The van der Waals surface area contributed by atoms with Crippen LogP contribution < -0.4 is 11.1 Å². The lowest BCUT2D eigenvalue weighted by molar-refractivity contribution is -0.137. The summed E-state index contributed by atoms with van der Waals surface area (Å²) in [5.74, 6) is 1.18. The fraction of sp³-hybridized carbons (Fsp3) is 0.588. The first-order valence-corrected chi connectivity index (χ1v) is 16.1. The van der Waals surface area contributed by atoms with Gasteiger partial charge in [0.1, 0.15) is 6.54 Å². The molecule has 7 rings (SSSR count). The Morgan fingerprint density at radius 1 is 0.857 bits per heavy atom. The molecule has 0 spiro atoms. The Morgan fingerprint density at radius 2 is 1.62 bits per heavy atom. The van der Waals surface area contributed by atoms with Gasteiger partial charge in [0.2, 0.25) is 0 Å². The van der Waals surface area contributed by atoms with Crippen molar-refractivity contribution in [1.29, 1.82) is 0 Å². The third-order valence-corrected chi connectivity index (χ3v) is 11.0. The molecule has 1 unspecified atom stereocenters. The molecule has 1 aromatic carbocycles. The van der Waals surface area contributed by atoms with Gasteiger partial charge in [-0.3, -0.25) is 23.9 Å². The van der Waals surface area contributed by atoms with Gasteiger partial charge in [-0.25, -0.2) is 4.98 Å². The Hall–Kier alpha value is -3.26. The molecule has 0 radical (unpaired) electrons. The summed E-state index contributed by atoms with van der Waals surface area (Å²) < 4.78 is 3.09. The maximum Gasteiger partial charge on any atom is 0.323 e. The monoisotopic (exact) mass is 570 g/mol. The third kappa shape index (κ3) is 4.91. The van der Waals surface area contributed by atoms with Gasteiger partial charge in [-0.15, -0.1) is 0 Å². The average molecular weight is 571 g/mol. The molecular formula is C34H42N4O4. The molecule has 4 fully saturated rings. The van der Waals surface area contributed by atoms with Crippen molar-refractivity contribution in [1.82, 2.24) is 19.0 Å². The van der Waals surface area contributed by atoms with Crippen LogP contribution in [0.5, 0.6) is 0 Å². The predicted molar refractivity (Wildman–Crippen MR) is 163 cm³/mol. The molecule has 4 aliphatic rings. The number of benzene rings is 1. The lowest BCUT2D eigenvalue weighted by atomic mass is 9.71. The van der Waals surface area contributed by atoms with Crippen LogP contribution in [-0.2, 0) is 11.3 Å². The number of carbonyl (C=O) groups is 1. The van der Waals surface area contributed by atoms with Crippen molar-refractivity contribution < 1.29 is 9.90 Å². The number of nitrogens with zero attached hydrogens (tertiary/aromatic N) is 4. The molecule has 7 atom stereocenters.